The minimum Gasteiger partial charge on any atom is -0.490 e. The monoisotopic (exact) mass is 298 g/mol. The third-order valence-corrected chi connectivity index (χ3v) is 2.71. The minimum atomic E-state index is -0.335. The molecule has 0 fully saturated rings. The van der Waals surface area contributed by atoms with E-state index in [4.69, 9.17) is 9.47 Å². The van der Waals surface area contributed by atoms with Gasteiger partial charge < -0.3 is 9.47 Å². The van der Waals surface area contributed by atoms with Gasteiger partial charge in [0.2, 0.25) is 0 Å². The molecule has 0 bridgehead atoms. The molecule has 0 saturated heterocycles. The third-order valence-electron chi connectivity index (χ3n) is 2.71. The summed E-state index contributed by atoms with van der Waals surface area (Å²) in [6, 6.07) is 16.7. The number of nitrogens with zero attached hydrogens (tertiary/aromatic N) is 1. The standard InChI is InChI=1S/C17H18N2O3/c1-2-21-15-10-6-7-11-16(15)22-13-17(20)19-18-12-14-8-4-3-5-9-14/h3-12H,2,13H2,1H3,(H,19,20). The molecule has 0 unspecified atom stereocenters. The highest BCUT2D eigenvalue weighted by Gasteiger charge is 2.06. The van der Waals surface area contributed by atoms with Gasteiger partial charge in [-0.1, -0.05) is 42.5 Å². The van der Waals surface area contributed by atoms with Crippen LogP contribution in [-0.2, 0) is 4.79 Å². The van der Waals surface area contributed by atoms with E-state index >= 15 is 0 Å². The van der Waals surface area contributed by atoms with Crippen molar-refractivity contribution in [1.82, 2.24) is 5.43 Å². The van der Waals surface area contributed by atoms with Gasteiger partial charge in [-0.25, -0.2) is 5.43 Å². The summed E-state index contributed by atoms with van der Waals surface area (Å²) in [5.74, 6) is 0.815. The molecule has 0 atom stereocenters. The first-order chi connectivity index (χ1) is 10.8. The predicted octanol–water partition coefficient (Wildman–Crippen LogP) is 2.61. The summed E-state index contributed by atoms with van der Waals surface area (Å²) in [4.78, 5) is 11.7. The van der Waals surface area contributed by atoms with Gasteiger partial charge in [0.25, 0.3) is 5.91 Å². The zero-order chi connectivity index (χ0) is 15.6. The van der Waals surface area contributed by atoms with Crippen molar-refractivity contribution in [3.63, 3.8) is 0 Å². The Kier molecular flexibility index (Phi) is 5.99. The molecule has 0 spiro atoms. The highest BCUT2D eigenvalue weighted by molar-refractivity contribution is 5.82. The Bertz CT molecular complexity index is 627. The van der Waals surface area contributed by atoms with Crippen LogP contribution in [0.2, 0.25) is 0 Å². The number of ether oxygens (including phenoxy) is 2. The van der Waals surface area contributed by atoms with Gasteiger partial charge in [0.05, 0.1) is 12.8 Å². The molecule has 1 N–H and O–H groups in total. The molecular weight excluding hydrogens is 280 g/mol. The SMILES string of the molecule is CCOc1ccccc1OCC(=O)NN=Cc1ccccc1. The fourth-order valence-corrected chi connectivity index (χ4v) is 1.74. The number of carbonyl (C=O) groups is 1. The zero-order valence-corrected chi connectivity index (χ0v) is 12.4. The van der Waals surface area contributed by atoms with Crippen molar-refractivity contribution in [3.8, 4) is 11.5 Å². The molecule has 5 nitrogen and oxygen atoms in total. The fourth-order valence-electron chi connectivity index (χ4n) is 1.74. The second-order valence-electron chi connectivity index (χ2n) is 4.37. The highest BCUT2D eigenvalue weighted by Crippen LogP contribution is 2.26. The molecule has 2 rings (SSSR count). The summed E-state index contributed by atoms with van der Waals surface area (Å²) in [6.07, 6.45) is 1.58. The molecule has 0 aliphatic heterocycles. The maximum atomic E-state index is 11.7. The molecule has 0 saturated carbocycles. The van der Waals surface area contributed by atoms with Crippen LogP contribution >= 0.6 is 0 Å². The zero-order valence-electron chi connectivity index (χ0n) is 12.4. The average molecular weight is 298 g/mol. The van der Waals surface area contributed by atoms with E-state index in [1.165, 1.54) is 0 Å². The van der Waals surface area contributed by atoms with E-state index in [2.05, 4.69) is 10.5 Å². The number of rotatable bonds is 7. The Morgan fingerprint density at radius 3 is 2.36 bits per heavy atom. The predicted molar refractivity (Wildman–Crippen MR) is 85.3 cm³/mol. The maximum Gasteiger partial charge on any atom is 0.277 e. The van der Waals surface area contributed by atoms with E-state index in [0.29, 0.717) is 18.1 Å². The molecule has 2 aromatic carbocycles. The molecule has 0 radical (unpaired) electrons. The van der Waals surface area contributed by atoms with Crippen LogP contribution in [0.1, 0.15) is 12.5 Å². The molecule has 0 aliphatic rings. The normalized spacial score (nSPS) is 10.4. The average Bonchev–Trinajstić information content (AvgIpc) is 2.55. The van der Waals surface area contributed by atoms with Crippen molar-refractivity contribution in [3.05, 3.63) is 60.2 Å². The van der Waals surface area contributed by atoms with Crippen LogP contribution in [0.4, 0.5) is 0 Å². The lowest BCUT2D eigenvalue weighted by Gasteiger charge is -2.10. The second kappa shape index (κ2) is 8.46. The molecule has 1 amide bonds. The van der Waals surface area contributed by atoms with E-state index < -0.39 is 0 Å². The summed E-state index contributed by atoms with van der Waals surface area (Å²) in [6.45, 7) is 2.30. The first-order valence-corrected chi connectivity index (χ1v) is 7.01. The fraction of sp³-hybridized carbons (Fsp3) is 0.176. The molecule has 0 heterocycles. The van der Waals surface area contributed by atoms with Crippen LogP contribution in [-0.4, -0.2) is 25.3 Å². The smallest absolute Gasteiger partial charge is 0.277 e. The van der Waals surface area contributed by atoms with Gasteiger partial charge in [0.1, 0.15) is 0 Å². The van der Waals surface area contributed by atoms with Gasteiger partial charge in [0.15, 0.2) is 18.1 Å². The van der Waals surface area contributed by atoms with E-state index in [-0.39, 0.29) is 12.5 Å². The van der Waals surface area contributed by atoms with Gasteiger partial charge in [0, 0.05) is 0 Å². The van der Waals surface area contributed by atoms with Gasteiger partial charge in [-0.05, 0) is 24.6 Å². The number of para-hydroxylation sites is 2. The molecule has 2 aromatic rings. The van der Waals surface area contributed by atoms with Crippen molar-refractivity contribution < 1.29 is 14.3 Å². The molecule has 0 aliphatic carbocycles. The first kappa shape index (κ1) is 15.6. The second-order valence-corrected chi connectivity index (χ2v) is 4.37. The number of nitrogens with one attached hydrogen (secondary N) is 1. The lowest BCUT2D eigenvalue weighted by Crippen LogP contribution is -2.24. The number of amides is 1. The largest absolute Gasteiger partial charge is 0.490 e. The summed E-state index contributed by atoms with van der Waals surface area (Å²) in [7, 11) is 0. The van der Waals surface area contributed by atoms with Crippen LogP contribution < -0.4 is 14.9 Å². The van der Waals surface area contributed by atoms with Crippen LogP contribution in [0.3, 0.4) is 0 Å². The highest BCUT2D eigenvalue weighted by atomic mass is 16.5. The van der Waals surface area contributed by atoms with Crippen LogP contribution in [0.15, 0.2) is 59.7 Å². The van der Waals surface area contributed by atoms with E-state index in [1.807, 2.05) is 49.4 Å². The van der Waals surface area contributed by atoms with Gasteiger partial charge >= 0.3 is 0 Å². The molecule has 114 valence electrons. The summed E-state index contributed by atoms with van der Waals surface area (Å²) < 4.78 is 10.9. The number of carbonyl (C=O) groups excluding carboxylic acids is 1. The molecule has 5 heteroatoms. The van der Waals surface area contributed by atoms with Crippen molar-refractivity contribution >= 4 is 12.1 Å². The van der Waals surface area contributed by atoms with E-state index in [9.17, 15) is 4.79 Å². The Hall–Kier alpha value is -2.82. The maximum absolute atomic E-state index is 11.7. The van der Waals surface area contributed by atoms with Gasteiger partial charge in [-0.15, -0.1) is 0 Å². The summed E-state index contributed by atoms with van der Waals surface area (Å²) in [5.41, 5.74) is 3.33. The third kappa shape index (κ3) is 4.94. The van der Waals surface area contributed by atoms with Crippen LogP contribution in [0.25, 0.3) is 0 Å². The number of hydrogen-bond acceptors (Lipinski definition) is 4. The summed E-state index contributed by atoms with van der Waals surface area (Å²) in [5, 5.41) is 3.88. The van der Waals surface area contributed by atoms with Crippen molar-refractivity contribution in [1.29, 1.82) is 0 Å². The Balaban J connectivity index is 1.82. The topological polar surface area (TPSA) is 59.9 Å². The quantitative estimate of drug-likeness (QED) is 0.631. The van der Waals surface area contributed by atoms with E-state index in [0.717, 1.165) is 5.56 Å². The molecule has 0 aromatic heterocycles. The Morgan fingerprint density at radius 1 is 1.05 bits per heavy atom. The van der Waals surface area contributed by atoms with Gasteiger partial charge in [-0.2, -0.15) is 5.10 Å². The number of hydrogen-bond donors (Lipinski definition) is 1. The van der Waals surface area contributed by atoms with Crippen molar-refractivity contribution in [2.45, 2.75) is 6.92 Å². The number of benzene rings is 2. The van der Waals surface area contributed by atoms with Crippen molar-refractivity contribution in [2.24, 2.45) is 5.10 Å². The van der Waals surface area contributed by atoms with Crippen molar-refractivity contribution in [2.75, 3.05) is 13.2 Å². The van der Waals surface area contributed by atoms with E-state index in [1.54, 1.807) is 18.3 Å². The summed E-state index contributed by atoms with van der Waals surface area (Å²) >= 11 is 0. The Morgan fingerprint density at radius 2 is 1.68 bits per heavy atom. The molecule has 22 heavy (non-hydrogen) atoms. The van der Waals surface area contributed by atoms with Crippen LogP contribution in [0.5, 0.6) is 11.5 Å². The number of hydrazone groups is 1. The van der Waals surface area contributed by atoms with Gasteiger partial charge in [-0.3, -0.25) is 4.79 Å². The van der Waals surface area contributed by atoms with Crippen LogP contribution in [0, 0.1) is 0 Å². The lowest BCUT2D eigenvalue weighted by atomic mass is 10.2. The minimum absolute atomic E-state index is 0.129. The molecular formula is C17H18N2O3. The lowest BCUT2D eigenvalue weighted by molar-refractivity contribution is -0.123. The first-order valence-electron chi connectivity index (χ1n) is 7.01. The Labute approximate surface area is 129 Å².